The first-order chi connectivity index (χ1) is 9.95. The van der Waals surface area contributed by atoms with Crippen molar-refractivity contribution in [1.82, 2.24) is 9.80 Å². The van der Waals surface area contributed by atoms with E-state index in [9.17, 15) is 10.1 Å². The first kappa shape index (κ1) is 16.2. The lowest BCUT2D eigenvalue weighted by Crippen LogP contribution is -2.47. The van der Waals surface area contributed by atoms with Gasteiger partial charge in [0.15, 0.2) is 0 Å². The first-order valence-electron chi connectivity index (χ1n) is 7.07. The number of hydrogen-bond acceptors (Lipinski definition) is 5. The van der Waals surface area contributed by atoms with Crippen LogP contribution in [0.15, 0.2) is 22.7 Å². The van der Waals surface area contributed by atoms with E-state index in [1.54, 1.807) is 6.07 Å². The molecule has 1 heterocycles. The van der Waals surface area contributed by atoms with E-state index < -0.39 is 0 Å². The van der Waals surface area contributed by atoms with Crippen LogP contribution in [0.3, 0.4) is 0 Å². The predicted octanol–water partition coefficient (Wildman–Crippen LogP) is 2.41. The molecule has 1 N–H and O–H groups in total. The molecular formula is C14H21BrN4O2. The highest BCUT2D eigenvalue weighted by Gasteiger charge is 2.19. The average Bonchev–Trinajstić information content (AvgIpc) is 2.43. The van der Waals surface area contributed by atoms with Crippen molar-refractivity contribution in [1.29, 1.82) is 0 Å². The van der Waals surface area contributed by atoms with E-state index in [4.69, 9.17) is 0 Å². The molecular weight excluding hydrogens is 336 g/mol. The van der Waals surface area contributed by atoms with E-state index in [0.29, 0.717) is 10.2 Å². The molecule has 1 aliphatic heterocycles. The zero-order chi connectivity index (χ0) is 15.4. The summed E-state index contributed by atoms with van der Waals surface area (Å²) in [5.41, 5.74) is 0.680. The summed E-state index contributed by atoms with van der Waals surface area (Å²) >= 11 is 3.27. The van der Waals surface area contributed by atoms with E-state index in [-0.39, 0.29) is 16.7 Å². The van der Waals surface area contributed by atoms with Gasteiger partial charge in [0, 0.05) is 49.3 Å². The number of benzene rings is 1. The number of nitro benzene ring substituents is 1. The van der Waals surface area contributed by atoms with Gasteiger partial charge in [-0.05, 0) is 26.1 Å². The number of rotatable bonds is 5. The number of nitro groups is 1. The standard InChI is InChI=1S/C14H21BrN4O2/c1-11(10-18-7-5-17(2)6-8-18)16-13-4-3-12(15)9-14(13)19(20)21/h3-4,9,11,16H,5-8,10H2,1-2H3. The van der Waals surface area contributed by atoms with Crippen LogP contribution in [0, 0.1) is 10.1 Å². The Balaban J connectivity index is 1.96. The molecule has 116 valence electrons. The lowest BCUT2D eigenvalue weighted by atomic mass is 10.2. The number of piperazine rings is 1. The second-order valence-corrected chi connectivity index (χ2v) is 6.48. The first-order valence-corrected chi connectivity index (χ1v) is 7.86. The second-order valence-electron chi connectivity index (χ2n) is 5.57. The van der Waals surface area contributed by atoms with Crippen molar-refractivity contribution in [2.24, 2.45) is 0 Å². The van der Waals surface area contributed by atoms with Crippen LogP contribution in [0.1, 0.15) is 6.92 Å². The summed E-state index contributed by atoms with van der Waals surface area (Å²) in [6.07, 6.45) is 0. The molecule has 0 aromatic heterocycles. The van der Waals surface area contributed by atoms with Crippen LogP contribution in [0.25, 0.3) is 0 Å². The van der Waals surface area contributed by atoms with Crippen molar-refractivity contribution in [3.8, 4) is 0 Å². The molecule has 6 nitrogen and oxygen atoms in total. The molecule has 1 aromatic carbocycles. The quantitative estimate of drug-likeness (QED) is 0.648. The van der Waals surface area contributed by atoms with Gasteiger partial charge in [-0.3, -0.25) is 15.0 Å². The van der Waals surface area contributed by atoms with Gasteiger partial charge >= 0.3 is 0 Å². The highest BCUT2D eigenvalue weighted by molar-refractivity contribution is 9.10. The number of likely N-dealkylation sites (N-methyl/N-ethyl adjacent to an activating group) is 1. The molecule has 0 bridgehead atoms. The minimum atomic E-state index is -0.352. The van der Waals surface area contributed by atoms with Crippen molar-refractivity contribution >= 4 is 27.3 Å². The van der Waals surface area contributed by atoms with Gasteiger partial charge in [-0.15, -0.1) is 0 Å². The maximum absolute atomic E-state index is 11.1. The zero-order valence-electron chi connectivity index (χ0n) is 12.4. The monoisotopic (exact) mass is 356 g/mol. The Kier molecular flexibility index (Phi) is 5.55. The summed E-state index contributed by atoms with van der Waals surface area (Å²) in [5, 5.41) is 14.4. The highest BCUT2D eigenvalue weighted by Crippen LogP contribution is 2.28. The lowest BCUT2D eigenvalue weighted by Gasteiger charge is -2.34. The summed E-state index contributed by atoms with van der Waals surface area (Å²) < 4.78 is 0.714. The van der Waals surface area contributed by atoms with E-state index in [2.05, 4.69) is 45.0 Å². The molecule has 1 aliphatic rings. The topological polar surface area (TPSA) is 61.6 Å². The summed E-state index contributed by atoms with van der Waals surface area (Å²) in [5.74, 6) is 0. The van der Waals surface area contributed by atoms with Crippen LogP contribution >= 0.6 is 15.9 Å². The van der Waals surface area contributed by atoms with E-state index in [1.165, 1.54) is 6.07 Å². The molecule has 0 saturated carbocycles. The van der Waals surface area contributed by atoms with Gasteiger partial charge in [-0.25, -0.2) is 0 Å². The number of nitrogens with zero attached hydrogens (tertiary/aromatic N) is 3. The number of nitrogens with one attached hydrogen (secondary N) is 1. The zero-order valence-corrected chi connectivity index (χ0v) is 14.0. The van der Waals surface area contributed by atoms with E-state index in [0.717, 1.165) is 32.7 Å². The number of hydrogen-bond donors (Lipinski definition) is 1. The van der Waals surface area contributed by atoms with Crippen LogP contribution in [-0.4, -0.2) is 60.5 Å². The molecule has 0 radical (unpaired) electrons. The van der Waals surface area contributed by atoms with Crippen molar-refractivity contribution in [3.05, 3.63) is 32.8 Å². The molecule has 1 aromatic rings. The van der Waals surface area contributed by atoms with Gasteiger partial charge in [0.05, 0.1) is 4.92 Å². The van der Waals surface area contributed by atoms with Crippen LogP contribution in [0.2, 0.25) is 0 Å². The molecule has 0 amide bonds. The summed E-state index contributed by atoms with van der Waals surface area (Å²) in [6.45, 7) is 7.19. The largest absolute Gasteiger partial charge is 0.376 e. The Hall–Kier alpha value is -1.18. The molecule has 1 saturated heterocycles. The third-order valence-corrected chi connectivity index (χ3v) is 4.18. The summed E-state index contributed by atoms with van der Waals surface area (Å²) in [7, 11) is 2.13. The number of halogens is 1. The van der Waals surface area contributed by atoms with Gasteiger partial charge in [0.25, 0.3) is 5.69 Å². The highest BCUT2D eigenvalue weighted by atomic mass is 79.9. The molecule has 0 aliphatic carbocycles. The average molecular weight is 357 g/mol. The van der Waals surface area contributed by atoms with Gasteiger partial charge in [-0.2, -0.15) is 0 Å². The Bertz CT molecular complexity index is 504. The molecule has 7 heteroatoms. The van der Waals surface area contributed by atoms with Crippen LogP contribution in [0.5, 0.6) is 0 Å². The van der Waals surface area contributed by atoms with Crippen LogP contribution in [-0.2, 0) is 0 Å². The van der Waals surface area contributed by atoms with Gasteiger partial charge < -0.3 is 10.2 Å². The van der Waals surface area contributed by atoms with E-state index in [1.807, 2.05) is 6.07 Å². The summed E-state index contributed by atoms with van der Waals surface area (Å²) in [6, 6.07) is 5.26. The molecule has 1 atom stereocenters. The smallest absolute Gasteiger partial charge is 0.293 e. The SMILES string of the molecule is CC(CN1CCN(C)CC1)Nc1ccc(Br)cc1[N+](=O)[O-]. The molecule has 1 fully saturated rings. The Labute approximate surface area is 133 Å². The van der Waals surface area contributed by atoms with Crippen molar-refractivity contribution in [2.45, 2.75) is 13.0 Å². The molecule has 1 unspecified atom stereocenters. The van der Waals surface area contributed by atoms with Gasteiger partial charge in [-0.1, -0.05) is 15.9 Å². The Morgan fingerprint density at radius 2 is 2.05 bits per heavy atom. The Morgan fingerprint density at radius 3 is 2.67 bits per heavy atom. The molecule has 0 spiro atoms. The van der Waals surface area contributed by atoms with Crippen molar-refractivity contribution < 1.29 is 4.92 Å². The fourth-order valence-corrected chi connectivity index (χ4v) is 2.86. The van der Waals surface area contributed by atoms with Crippen molar-refractivity contribution in [3.63, 3.8) is 0 Å². The lowest BCUT2D eigenvalue weighted by molar-refractivity contribution is -0.384. The molecule has 21 heavy (non-hydrogen) atoms. The normalized spacial score (nSPS) is 18.4. The fraction of sp³-hybridized carbons (Fsp3) is 0.571. The minimum absolute atomic E-state index is 0.106. The molecule has 2 rings (SSSR count). The fourth-order valence-electron chi connectivity index (χ4n) is 2.51. The maximum Gasteiger partial charge on any atom is 0.293 e. The summed E-state index contributed by atoms with van der Waals surface area (Å²) in [4.78, 5) is 15.5. The van der Waals surface area contributed by atoms with Crippen LogP contribution in [0.4, 0.5) is 11.4 Å². The van der Waals surface area contributed by atoms with Gasteiger partial charge in [0.2, 0.25) is 0 Å². The van der Waals surface area contributed by atoms with Crippen LogP contribution < -0.4 is 5.32 Å². The predicted molar refractivity (Wildman–Crippen MR) is 87.8 cm³/mol. The third-order valence-electron chi connectivity index (χ3n) is 3.69. The second kappa shape index (κ2) is 7.20. The Morgan fingerprint density at radius 1 is 1.38 bits per heavy atom. The van der Waals surface area contributed by atoms with E-state index >= 15 is 0 Å². The third kappa shape index (κ3) is 4.66. The maximum atomic E-state index is 11.1. The van der Waals surface area contributed by atoms with Gasteiger partial charge in [0.1, 0.15) is 5.69 Å². The number of anilines is 1. The minimum Gasteiger partial charge on any atom is -0.376 e. The van der Waals surface area contributed by atoms with Crippen molar-refractivity contribution in [2.75, 3.05) is 45.1 Å².